The van der Waals surface area contributed by atoms with Gasteiger partial charge in [-0.15, -0.1) is 0 Å². The van der Waals surface area contributed by atoms with Gasteiger partial charge in [0.05, 0.1) is 18.2 Å². The van der Waals surface area contributed by atoms with Crippen LogP contribution in [-0.2, 0) is 35.2 Å². The van der Waals surface area contributed by atoms with E-state index in [0.29, 0.717) is 13.2 Å². The normalized spacial score (nSPS) is 14.9. The first-order chi connectivity index (χ1) is 9.98. The van der Waals surface area contributed by atoms with E-state index in [9.17, 15) is 4.79 Å². The van der Waals surface area contributed by atoms with Crippen molar-refractivity contribution in [2.75, 3.05) is 0 Å². The zero-order valence-corrected chi connectivity index (χ0v) is 12.5. The van der Waals surface area contributed by atoms with Gasteiger partial charge >= 0.3 is 0 Å². The number of nitrogens with zero attached hydrogens (tertiary/aromatic N) is 3. The highest BCUT2D eigenvalue weighted by Gasteiger charge is 2.37. The molecule has 2 aromatic rings. The standard InChI is InChI=1S/C16H19N3O2/c1-16(2,14-8-17-18(3)10-14)15(20)19-9-12-6-4-5-7-13(12)11-21-19/h4-8,10H,9,11H2,1-3H3. The van der Waals surface area contributed by atoms with Crippen molar-refractivity contribution in [3.63, 3.8) is 0 Å². The summed E-state index contributed by atoms with van der Waals surface area (Å²) in [5.41, 5.74) is 2.50. The molecule has 0 unspecified atom stereocenters. The minimum atomic E-state index is -0.666. The van der Waals surface area contributed by atoms with Gasteiger partial charge in [-0.3, -0.25) is 14.3 Å². The Morgan fingerprint density at radius 1 is 1.29 bits per heavy atom. The Hall–Kier alpha value is -2.14. The van der Waals surface area contributed by atoms with Crippen molar-refractivity contribution >= 4 is 5.91 Å². The Kier molecular flexibility index (Phi) is 3.29. The summed E-state index contributed by atoms with van der Waals surface area (Å²) in [4.78, 5) is 18.4. The number of rotatable bonds is 2. The van der Waals surface area contributed by atoms with E-state index in [2.05, 4.69) is 5.10 Å². The van der Waals surface area contributed by atoms with E-state index in [4.69, 9.17) is 4.84 Å². The van der Waals surface area contributed by atoms with Crippen molar-refractivity contribution in [1.29, 1.82) is 0 Å². The van der Waals surface area contributed by atoms with Crippen LogP contribution in [0.3, 0.4) is 0 Å². The number of aromatic nitrogens is 2. The zero-order valence-electron chi connectivity index (χ0n) is 12.5. The van der Waals surface area contributed by atoms with Gasteiger partial charge in [0.1, 0.15) is 6.61 Å². The van der Waals surface area contributed by atoms with Crippen LogP contribution in [0.2, 0.25) is 0 Å². The van der Waals surface area contributed by atoms with E-state index < -0.39 is 5.41 Å². The smallest absolute Gasteiger partial charge is 0.256 e. The van der Waals surface area contributed by atoms with Crippen LogP contribution in [0, 0.1) is 0 Å². The second-order valence-corrected chi connectivity index (χ2v) is 5.91. The number of hydrogen-bond acceptors (Lipinski definition) is 3. The van der Waals surface area contributed by atoms with Crippen molar-refractivity contribution in [3.05, 3.63) is 53.3 Å². The fraction of sp³-hybridized carbons (Fsp3) is 0.375. The molecule has 3 rings (SSSR count). The van der Waals surface area contributed by atoms with E-state index in [-0.39, 0.29) is 5.91 Å². The number of aryl methyl sites for hydroxylation is 1. The van der Waals surface area contributed by atoms with E-state index in [0.717, 1.165) is 16.7 Å². The molecule has 0 radical (unpaired) electrons. The highest BCUT2D eigenvalue weighted by Crippen LogP contribution is 2.29. The summed E-state index contributed by atoms with van der Waals surface area (Å²) in [7, 11) is 1.84. The first-order valence-electron chi connectivity index (χ1n) is 6.99. The van der Waals surface area contributed by atoms with Gasteiger partial charge in [0.2, 0.25) is 0 Å². The second kappa shape index (κ2) is 5.00. The monoisotopic (exact) mass is 285 g/mol. The molecule has 0 saturated heterocycles. The maximum Gasteiger partial charge on any atom is 0.256 e. The molecule has 1 aromatic heterocycles. The van der Waals surface area contributed by atoms with Crippen LogP contribution >= 0.6 is 0 Å². The number of carbonyl (C=O) groups excluding carboxylic acids is 1. The van der Waals surface area contributed by atoms with Crippen LogP contribution in [-0.4, -0.2) is 20.8 Å². The zero-order chi connectivity index (χ0) is 15.0. The number of hydroxylamine groups is 2. The predicted octanol–water partition coefficient (Wildman–Crippen LogP) is 2.17. The molecule has 0 N–H and O–H groups in total. The summed E-state index contributed by atoms with van der Waals surface area (Å²) in [5.74, 6) is -0.0509. The molecule has 1 aliphatic rings. The average molecular weight is 285 g/mol. The minimum absolute atomic E-state index is 0.0509. The van der Waals surface area contributed by atoms with Crippen molar-refractivity contribution < 1.29 is 9.63 Å². The largest absolute Gasteiger partial charge is 0.276 e. The molecule has 0 atom stereocenters. The third-order valence-corrected chi connectivity index (χ3v) is 4.00. The molecular formula is C16H19N3O2. The van der Waals surface area contributed by atoms with Crippen molar-refractivity contribution in [3.8, 4) is 0 Å². The Morgan fingerprint density at radius 3 is 2.67 bits per heavy atom. The molecule has 0 aliphatic carbocycles. The molecule has 5 nitrogen and oxygen atoms in total. The van der Waals surface area contributed by atoms with Gasteiger partial charge in [-0.25, -0.2) is 5.06 Å². The average Bonchev–Trinajstić information content (AvgIpc) is 2.93. The molecular weight excluding hydrogens is 266 g/mol. The highest BCUT2D eigenvalue weighted by atomic mass is 16.7. The Labute approximate surface area is 124 Å². The predicted molar refractivity (Wildman–Crippen MR) is 78.0 cm³/mol. The fourth-order valence-electron chi connectivity index (χ4n) is 2.51. The first-order valence-corrected chi connectivity index (χ1v) is 6.99. The van der Waals surface area contributed by atoms with Gasteiger partial charge in [0.25, 0.3) is 5.91 Å². The van der Waals surface area contributed by atoms with Crippen molar-refractivity contribution in [2.24, 2.45) is 7.05 Å². The summed E-state index contributed by atoms with van der Waals surface area (Å²) in [6, 6.07) is 8.04. The maximum absolute atomic E-state index is 12.8. The van der Waals surface area contributed by atoms with Gasteiger partial charge in [-0.05, 0) is 25.0 Å². The first kappa shape index (κ1) is 13.8. The lowest BCUT2D eigenvalue weighted by Gasteiger charge is -2.33. The number of benzene rings is 1. The third-order valence-electron chi connectivity index (χ3n) is 4.00. The van der Waals surface area contributed by atoms with Crippen molar-refractivity contribution in [1.82, 2.24) is 14.8 Å². The molecule has 2 heterocycles. The SMILES string of the molecule is Cn1cc(C(C)(C)C(=O)N2Cc3ccccc3CO2)cn1. The quantitative estimate of drug-likeness (QED) is 0.849. The van der Waals surface area contributed by atoms with Crippen LogP contribution < -0.4 is 0 Å². The number of amides is 1. The van der Waals surface area contributed by atoms with Gasteiger partial charge in [0.15, 0.2) is 0 Å². The van der Waals surface area contributed by atoms with Crippen LogP contribution in [0.5, 0.6) is 0 Å². The summed E-state index contributed by atoms with van der Waals surface area (Å²) in [6.07, 6.45) is 3.60. The summed E-state index contributed by atoms with van der Waals surface area (Å²) in [6.45, 7) is 4.72. The Bertz CT molecular complexity index is 676. The number of carbonyl (C=O) groups is 1. The molecule has 21 heavy (non-hydrogen) atoms. The minimum Gasteiger partial charge on any atom is -0.276 e. The van der Waals surface area contributed by atoms with E-state index >= 15 is 0 Å². The second-order valence-electron chi connectivity index (χ2n) is 5.91. The lowest BCUT2D eigenvalue weighted by atomic mass is 9.85. The Morgan fingerprint density at radius 2 is 2.00 bits per heavy atom. The lowest BCUT2D eigenvalue weighted by Crippen LogP contribution is -2.44. The molecule has 110 valence electrons. The lowest BCUT2D eigenvalue weighted by molar-refractivity contribution is -0.205. The molecule has 0 spiro atoms. The van der Waals surface area contributed by atoms with Gasteiger partial charge in [-0.2, -0.15) is 5.10 Å². The third kappa shape index (κ3) is 2.45. The molecule has 0 fully saturated rings. The fourth-order valence-corrected chi connectivity index (χ4v) is 2.51. The van der Waals surface area contributed by atoms with Gasteiger partial charge in [-0.1, -0.05) is 24.3 Å². The summed E-state index contributed by atoms with van der Waals surface area (Å²) in [5, 5.41) is 5.62. The summed E-state index contributed by atoms with van der Waals surface area (Å²) < 4.78 is 1.71. The van der Waals surface area contributed by atoms with E-state index in [1.807, 2.05) is 51.4 Å². The topological polar surface area (TPSA) is 47.4 Å². The maximum atomic E-state index is 12.8. The van der Waals surface area contributed by atoms with Gasteiger partial charge < -0.3 is 0 Å². The highest BCUT2D eigenvalue weighted by molar-refractivity contribution is 5.86. The molecule has 0 bridgehead atoms. The van der Waals surface area contributed by atoms with E-state index in [1.54, 1.807) is 10.9 Å². The summed E-state index contributed by atoms with van der Waals surface area (Å²) >= 11 is 0. The molecule has 5 heteroatoms. The number of fused-ring (bicyclic) bond motifs is 1. The van der Waals surface area contributed by atoms with Crippen LogP contribution in [0.4, 0.5) is 0 Å². The van der Waals surface area contributed by atoms with Crippen LogP contribution in [0.1, 0.15) is 30.5 Å². The van der Waals surface area contributed by atoms with Crippen LogP contribution in [0.15, 0.2) is 36.7 Å². The van der Waals surface area contributed by atoms with Crippen LogP contribution in [0.25, 0.3) is 0 Å². The molecule has 0 saturated carbocycles. The van der Waals surface area contributed by atoms with E-state index in [1.165, 1.54) is 5.06 Å². The van der Waals surface area contributed by atoms with Gasteiger partial charge in [0, 0.05) is 18.8 Å². The Balaban J connectivity index is 1.83. The van der Waals surface area contributed by atoms with Crippen molar-refractivity contribution in [2.45, 2.75) is 32.4 Å². The molecule has 1 amide bonds. The molecule has 1 aliphatic heterocycles. The number of hydrogen-bond donors (Lipinski definition) is 0. The molecule has 1 aromatic carbocycles.